The van der Waals surface area contributed by atoms with Crippen molar-refractivity contribution in [2.75, 3.05) is 20.8 Å². The number of benzene rings is 1. The highest BCUT2D eigenvalue weighted by atomic mass is 16.5. The lowest BCUT2D eigenvalue weighted by Gasteiger charge is -2.31. The van der Waals surface area contributed by atoms with Crippen LogP contribution in [0.25, 0.3) is 0 Å². The summed E-state index contributed by atoms with van der Waals surface area (Å²) in [5, 5.41) is 3.12. The van der Waals surface area contributed by atoms with Crippen molar-refractivity contribution in [3.8, 4) is 5.75 Å². The third kappa shape index (κ3) is 3.79. The van der Waals surface area contributed by atoms with Gasteiger partial charge in [-0.15, -0.1) is 0 Å². The van der Waals surface area contributed by atoms with E-state index in [1.165, 1.54) is 0 Å². The Morgan fingerprint density at radius 3 is 2.72 bits per heavy atom. The van der Waals surface area contributed by atoms with E-state index in [1.54, 1.807) is 14.2 Å². The standard InChI is InChI=1S/C19H26N2O4/c1-24-11-10-19(23)21-16-4-3-5-18(22)20-15(16)12-17(21)13-6-8-14(25-2)9-7-13/h6-9,15-17H,3-5,10-12H2,1-2H3,(H,20,22)/t15-,16+,17+/m0/s1. The van der Waals surface area contributed by atoms with E-state index >= 15 is 0 Å². The Morgan fingerprint density at radius 1 is 1.28 bits per heavy atom. The van der Waals surface area contributed by atoms with Gasteiger partial charge in [-0.3, -0.25) is 9.59 Å². The second-order valence-electron chi connectivity index (χ2n) is 6.70. The smallest absolute Gasteiger partial charge is 0.225 e. The summed E-state index contributed by atoms with van der Waals surface area (Å²) in [6.45, 7) is 0.411. The second-order valence-corrected chi connectivity index (χ2v) is 6.70. The van der Waals surface area contributed by atoms with Crippen molar-refractivity contribution in [2.45, 2.75) is 50.2 Å². The summed E-state index contributed by atoms with van der Waals surface area (Å²) < 4.78 is 10.3. The van der Waals surface area contributed by atoms with Crippen LogP contribution in [0.4, 0.5) is 0 Å². The van der Waals surface area contributed by atoms with Gasteiger partial charge in [0, 0.05) is 13.5 Å². The topological polar surface area (TPSA) is 67.9 Å². The SMILES string of the molecule is COCCC(=O)N1[C@@H](c2ccc(OC)cc2)C[C@@H]2NC(=O)CCC[C@H]21. The summed E-state index contributed by atoms with van der Waals surface area (Å²) in [7, 11) is 3.24. The molecule has 3 atom stereocenters. The molecule has 0 unspecified atom stereocenters. The summed E-state index contributed by atoms with van der Waals surface area (Å²) >= 11 is 0. The first-order valence-corrected chi connectivity index (χ1v) is 8.87. The zero-order valence-electron chi connectivity index (χ0n) is 14.9. The maximum Gasteiger partial charge on any atom is 0.225 e. The lowest BCUT2D eigenvalue weighted by Crippen LogP contribution is -2.45. The molecule has 6 heteroatoms. The summed E-state index contributed by atoms with van der Waals surface area (Å²) in [5.74, 6) is 0.972. The van der Waals surface area contributed by atoms with Crippen LogP contribution in [0.15, 0.2) is 24.3 Å². The van der Waals surface area contributed by atoms with Crippen molar-refractivity contribution in [2.24, 2.45) is 0 Å². The monoisotopic (exact) mass is 346 g/mol. The van der Waals surface area contributed by atoms with Crippen LogP contribution in [0.1, 0.15) is 43.7 Å². The minimum atomic E-state index is -0.0244. The van der Waals surface area contributed by atoms with Gasteiger partial charge in [0.25, 0.3) is 0 Å². The van der Waals surface area contributed by atoms with E-state index in [2.05, 4.69) is 5.32 Å². The molecule has 0 aromatic heterocycles. The molecule has 2 amide bonds. The van der Waals surface area contributed by atoms with Gasteiger partial charge in [-0.05, 0) is 37.0 Å². The predicted molar refractivity (Wildman–Crippen MR) is 93.3 cm³/mol. The van der Waals surface area contributed by atoms with Gasteiger partial charge in [0.1, 0.15) is 5.75 Å². The molecule has 0 aliphatic carbocycles. The molecule has 1 N–H and O–H groups in total. The first-order chi connectivity index (χ1) is 12.1. The van der Waals surface area contributed by atoms with Gasteiger partial charge < -0.3 is 19.7 Å². The minimum absolute atomic E-state index is 0.0218. The van der Waals surface area contributed by atoms with Crippen LogP contribution < -0.4 is 10.1 Å². The number of hydrogen-bond donors (Lipinski definition) is 1. The summed E-state index contributed by atoms with van der Waals surface area (Å²) in [5.41, 5.74) is 1.08. The van der Waals surface area contributed by atoms with E-state index in [0.29, 0.717) is 19.4 Å². The van der Waals surface area contributed by atoms with Crippen LogP contribution in [0.5, 0.6) is 5.75 Å². The van der Waals surface area contributed by atoms with Gasteiger partial charge >= 0.3 is 0 Å². The quantitative estimate of drug-likeness (QED) is 0.886. The molecule has 2 fully saturated rings. The highest BCUT2D eigenvalue weighted by Crippen LogP contribution is 2.40. The molecule has 0 radical (unpaired) electrons. The average molecular weight is 346 g/mol. The molecule has 2 aliphatic rings. The van der Waals surface area contributed by atoms with Crippen LogP contribution in [0.3, 0.4) is 0 Å². The third-order valence-electron chi connectivity index (χ3n) is 5.19. The van der Waals surface area contributed by atoms with Gasteiger partial charge in [-0.2, -0.15) is 0 Å². The number of fused-ring (bicyclic) bond motifs is 1. The molecule has 25 heavy (non-hydrogen) atoms. The van der Waals surface area contributed by atoms with Crippen molar-refractivity contribution in [1.29, 1.82) is 0 Å². The molecule has 0 spiro atoms. The Balaban J connectivity index is 1.87. The van der Waals surface area contributed by atoms with E-state index in [-0.39, 0.29) is 29.9 Å². The largest absolute Gasteiger partial charge is 0.497 e. The van der Waals surface area contributed by atoms with E-state index in [0.717, 1.165) is 30.6 Å². The Hall–Kier alpha value is -2.08. The molecule has 1 aromatic carbocycles. The summed E-state index contributed by atoms with van der Waals surface area (Å²) in [6, 6.07) is 7.90. The molecule has 0 bridgehead atoms. The number of nitrogens with one attached hydrogen (secondary N) is 1. The molecule has 0 saturated carbocycles. The second kappa shape index (κ2) is 7.87. The fraction of sp³-hybridized carbons (Fsp3) is 0.579. The molecule has 2 heterocycles. The number of rotatable bonds is 5. The number of amides is 2. The molecule has 1 aromatic rings. The van der Waals surface area contributed by atoms with E-state index < -0.39 is 0 Å². The molecule has 2 saturated heterocycles. The summed E-state index contributed by atoms with van der Waals surface area (Å²) in [4.78, 5) is 26.8. The molecule has 2 aliphatic heterocycles. The van der Waals surface area contributed by atoms with Crippen LogP contribution in [-0.4, -0.2) is 49.6 Å². The minimum Gasteiger partial charge on any atom is -0.497 e. The van der Waals surface area contributed by atoms with Gasteiger partial charge in [0.15, 0.2) is 0 Å². The Kier molecular flexibility index (Phi) is 5.58. The average Bonchev–Trinajstić information content (AvgIpc) is 2.87. The van der Waals surface area contributed by atoms with Gasteiger partial charge in [-0.25, -0.2) is 0 Å². The van der Waals surface area contributed by atoms with Crippen LogP contribution in [0, 0.1) is 0 Å². The Morgan fingerprint density at radius 2 is 2.04 bits per heavy atom. The lowest BCUT2D eigenvalue weighted by atomic mass is 10.0. The molecule has 136 valence electrons. The maximum atomic E-state index is 12.9. The van der Waals surface area contributed by atoms with Crippen molar-refractivity contribution < 1.29 is 19.1 Å². The van der Waals surface area contributed by atoms with Crippen molar-refractivity contribution in [3.05, 3.63) is 29.8 Å². The van der Waals surface area contributed by atoms with Crippen molar-refractivity contribution in [1.82, 2.24) is 10.2 Å². The van der Waals surface area contributed by atoms with Gasteiger partial charge in [-0.1, -0.05) is 12.1 Å². The predicted octanol–water partition coefficient (Wildman–Crippen LogP) is 2.04. The van der Waals surface area contributed by atoms with E-state index in [4.69, 9.17) is 9.47 Å². The van der Waals surface area contributed by atoms with Crippen molar-refractivity contribution >= 4 is 11.8 Å². The maximum absolute atomic E-state index is 12.9. The highest BCUT2D eigenvalue weighted by molar-refractivity contribution is 5.79. The van der Waals surface area contributed by atoms with Crippen molar-refractivity contribution in [3.63, 3.8) is 0 Å². The fourth-order valence-corrected chi connectivity index (χ4v) is 3.98. The number of carbonyl (C=O) groups excluding carboxylic acids is 2. The molecular weight excluding hydrogens is 320 g/mol. The van der Waals surface area contributed by atoms with Crippen LogP contribution >= 0.6 is 0 Å². The number of likely N-dealkylation sites (tertiary alicyclic amines) is 1. The Bertz CT molecular complexity index is 616. The third-order valence-corrected chi connectivity index (χ3v) is 5.19. The summed E-state index contributed by atoms with van der Waals surface area (Å²) in [6.07, 6.45) is 3.33. The lowest BCUT2D eigenvalue weighted by molar-refractivity contribution is -0.135. The Labute approximate surface area is 148 Å². The number of carbonyl (C=O) groups is 2. The van der Waals surface area contributed by atoms with Crippen LogP contribution in [0.2, 0.25) is 0 Å². The number of nitrogens with zero attached hydrogens (tertiary/aromatic N) is 1. The van der Waals surface area contributed by atoms with Gasteiger partial charge in [0.05, 0.1) is 38.3 Å². The zero-order chi connectivity index (χ0) is 17.8. The van der Waals surface area contributed by atoms with E-state index in [1.807, 2.05) is 29.2 Å². The number of methoxy groups -OCH3 is 2. The van der Waals surface area contributed by atoms with E-state index in [9.17, 15) is 9.59 Å². The van der Waals surface area contributed by atoms with Crippen LogP contribution in [-0.2, 0) is 14.3 Å². The first-order valence-electron chi connectivity index (χ1n) is 8.87. The molecule has 6 nitrogen and oxygen atoms in total. The number of hydrogen-bond acceptors (Lipinski definition) is 4. The number of ether oxygens (including phenoxy) is 2. The fourth-order valence-electron chi connectivity index (χ4n) is 3.98. The first kappa shape index (κ1) is 17.7. The highest BCUT2D eigenvalue weighted by Gasteiger charge is 2.45. The zero-order valence-corrected chi connectivity index (χ0v) is 14.9. The normalized spacial score (nSPS) is 25.9. The molecule has 3 rings (SSSR count). The van der Waals surface area contributed by atoms with Gasteiger partial charge in [0.2, 0.25) is 11.8 Å². The molecular formula is C19H26N2O4.